The molecule has 0 saturated carbocycles. The lowest BCUT2D eigenvalue weighted by Crippen LogP contribution is -2.30. The predicted molar refractivity (Wildman–Crippen MR) is 126 cm³/mol. The van der Waals surface area contributed by atoms with Gasteiger partial charge in [0.1, 0.15) is 0 Å². The third-order valence-corrected chi connectivity index (χ3v) is 5.94. The first-order valence-electron chi connectivity index (χ1n) is 11.3. The topological polar surface area (TPSA) is 93.1 Å². The Morgan fingerprint density at radius 3 is 2.59 bits per heavy atom. The smallest absolute Gasteiger partial charge is 0.305 e. The predicted octanol–water partition coefficient (Wildman–Crippen LogP) is 5.72. The van der Waals surface area contributed by atoms with E-state index in [1.54, 1.807) is 12.1 Å². The van der Waals surface area contributed by atoms with E-state index in [0.29, 0.717) is 23.7 Å². The molecule has 1 aromatic carbocycles. The van der Waals surface area contributed by atoms with Crippen LogP contribution in [0.2, 0.25) is 0 Å². The van der Waals surface area contributed by atoms with Crippen LogP contribution in [0.3, 0.4) is 0 Å². The van der Waals surface area contributed by atoms with Crippen LogP contribution in [0.15, 0.2) is 23.1 Å². The van der Waals surface area contributed by atoms with E-state index in [2.05, 4.69) is 13.8 Å². The summed E-state index contributed by atoms with van der Waals surface area (Å²) in [4.78, 5) is 36.5. The summed E-state index contributed by atoms with van der Waals surface area (Å²) in [5.74, 6) is -0.291. The van der Waals surface area contributed by atoms with Crippen molar-refractivity contribution in [3.63, 3.8) is 0 Å². The van der Waals surface area contributed by atoms with Crippen molar-refractivity contribution in [2.75, 3.05) is 13.2 Å². The van der Waals surface area contributed by atoms with Gasteiger partial charge >= 0.3 is 5.97 Å². The number of hydrogen-bond donors (Lipinski definition) is 1. The summed E-state index contributed by atoms with van der Waals surface area (Å²) in [6.45, 7) is 6.48. The van der Waals surface area contributed by atoms with E-state index in [-0.39, 0.29) is 24.0 Å². The van der Waals surface area contributed by atoms with Crippen molar-refractivity contribution >= 4 is 35.0 Å². The number of rotatable bonds is 14. The van der Waals surface area contributed by atoms with Gasteiger partial charge < -0.3 is 14.6 Å². The zero-order chi connectivity index (χ0) is 23.5. The fourth-order valence-corrected chi connectivity index (χ4v) is 4.21. The van der Waals surface area contributed by atoms with Gasteiger partial charge in [0.25, 0.3) is 11.1 Å². The van der Waals surface area contributed by atoms with Crippen LogP contribution in [0.1, 0.15) is 71.3 Å². The highest BCUT2D eigenvalue weighted by atomic mass is 32.2. The van der Waals surface area contributed by atoms with Crippen LogP contribution < -0.4 is 9.47 Å². The highest BCUT2D eigenvalue weighted by Gasteiger charge is 2.35. The normalized spacial score (nSPS) is 16.0. The number of amides is 2. The van der Waals surface area contributed by atoms with Crippen molar-refractivity contribution in [2.24, 2.45) is 0 Å². The molecule has 1 unspecified atom stereocenters. The summed E-state index contributed by atoms with van der Waals surface area (Å²) < 4.78 is 11.8. The van der Waals surface area contributed by atoms with Gasteiger partial charge in [0.2, 0.25) is 0 Å². The van der Waals surface area contributed by atoms with Crippen LogP contribution in [0, 0.1) is 0 Å². The molecule has 1 aromatic rings. The van der Waals surface area contributed by atoms with Crippen molar-refractivity contribution in [2.45, 2.75) is 71.8 Å². The Hall–Kier alpha value is -2.48. The van der Waals surface area contributed by atoms with E-state index in [0.717, 1.165) is 29.5 Å². The van der Waals surface area contributed by atoms with E-state index in [1.165, 1.54) is 25.7 Å². The fraction of sp³-hybridized carbons (Fsp3) is 0.542. The van der Waals surface area contributed by atoms with E-state index in [9.17, 15) is 14.4 Å². The largest absolute Gasteiger partial charge is 0.490 e. The second kappa shape index (κ2) is 13.2. The molecule has 2 amide bonds. The second-order valence-electron chi connectivity index (χ2n) is 7.75. The lowest BCUT2D eigenvalue weighted by Gasteiger charge is -2.18. The number of aliphatic carboxylic acids is 1. The van der Waals surface area contributed by atoms with E-state index in [1.807, 2.05) is 19.1 Å². The first kappa shape index (κ1) is 25.8. The second-order valence-corrected chi connectivity index (χ2v) is 8.74. The van der Waals surface area contributed by atoms with Gasteiger partial charge in [-0.25, -0.2) is 0 Å². The van der Waals surface area contributed by atoms with Crippen molar-refractivity contribution in [1.29, 1.82) is 0 Å². The third kappa shape index (κ3) is 7.89. The number of benzene rings is 1. The average molecular weight is 464 g/mol. The summed E-state index contributed by atoms with van der Waals surface area (Å²) in [7, 11) is 0. The molecule has 0 aromatic heterocycles. The van der Waals surface area contributed by atoms with Gasteiger partial charge in [-0.3, -0.25) is 19.3 Å². The maximum Gasteiger partial charge on any atom is 0.305 e. The molecule has 7 nitrogen and oxygen atoms in total. The molecule has 1 saturated heterocycles. The molecule has 2 rings (SSSR count). The molecule has 32 heavy (non-hydrogen) atoms. The van der Waals surface area contributed by atoms with Gasteiger partial charge in [0, 0.05) is 6.54 Å². The van der Waals surface area contributed by atoms with Crippen LogP contribution >= 0.6 is 11.8 Å². The molecule has 1 fully saturated rings. The zero-order valence-electron chi connectivity index (χ0n) is 19.1. The minimum Gasteiger partial charge on any atom is -0.490 e. The minimum absolute atomic E-state index is 0.0624. The number of nitrogens with zero attached hydrogens (tertiary/aromatic N) is 1. The monoisotopic (exact) mass is 463 g/mol. The fourth-order valence-electron chi connectivity index (χ4n) is 3.34. The number of thioether (sulfide) groups is 1. The van der Waals surface area contributed by atoms with Crippen LogP contribution in [0.4, 0.5) is 4.79 Å². The quantitative estimate of drug-likeness (QED) is 0.278. The van der Waals surface area contributed by atoms with Crippen LogP contribution in [-0.2, 0) is 9.59 Å². The van der Waals surface area contributed by atoms with Crippen LogP contribution in [-0.4, -0.2) is 46.4 Å². The molecule has 0 aliphatic carbocycles. The standard InChI is InChI=1S/C24H33NO6S/c1-4-6-7-8-9-10-17(3)31-19-12-11-18(15-20(19)30-5-2)16-21-23(28)25(24(29)32-21)14-13-22(26)27/h11-12,15-17H,4-10,13-14H2,1-3H3,(H,26,27)/b21-16+. The lowest BCUT2D eigenvalue weighted by molar-refractivity contribution is -0.137. The summed E-state index contributed by atoms with van der Waals surface area (Å²) in [5, 5.41) is 8.34. The lowest BCUT2D eigenvalue weighted by atomic mass is 10.1. The molecule has 1 atom stereocenters. The number of imide groups is 1. The third-order valence-electron chi connectivity index (χ3n) is 5.03. The highest BCUT2D eigenvalue weighted by Crippen LogP contribution is 2.35. The van der Waals surface area contributed by atoms with Gasteiger partial charge in [0.05, 0.1) is 24.0 Å². The highest BCUT2D eigenvalue weighted by molar-refractivity contribution is 8.18. The Labute approximate surface area is 194 Å². The number of carboxylic acid groups (broad SMARTS) is 1. The Balaban J connectivity index is 2.06. The molecule has 1 N–H and O–H groups in total. The van der Waals surface area contributed by atoms with Crippen molar-refractivity contribution in [3.05, 3.63) is 28.7 Å². The molecule has 1 heterocycles. The molecule has 0 spiro atoms. The number of hydrogen-bond acceptors (Lipinski definition) is 6. The van der Waals surface area contributed by atoms with Gasteiger partial charge in [-0.15, -0.1) is 0 Å². The maximum absolute atomic E-state index is 12.5. The van der Waals surface area contributed by atoms with Crippen LogP contribution in [0.5, 0.6) is 11.5 Å². The summed E-state index contributed by atoms with van der Waals surface area (Å²) in [6.07, 6.45) is 8.46. The molecule has 1 aliphatic rings. The molecule has 1 aliphatic heterocycles. The average Bonchev–Trinajstić information content (AvgIpc) is 3.00. The molecule has 176 valence electrons. The Morgan fingerprint density at radius 1 is 1.16 bits per heavy atom. The van der Waals surface area contributed by atoms with E-state index in [4.69, 9.17) is 14.6 Å². The first-order valence-corrected chi connectivity index (χ1v) is 12.1. The number of unbranched alkanes of at least 4 members (excludes halogenated alkanes) is 4. The van der Waals surface area contributed by atoms with Gasteiger partial charge in [0.15, 0.2) is 11.5 Å². The zero-order valence-corrected chi connectivity index (χ0v) is 19.9. The molecule has 0 bridgehead atoms. The van der Waals surface area contributed by atoms with E-state index >= 15 is 0 Å². The van der Waals surface area contributed by atoms with Crippen molar-refractivity contribution in [3.8, 4) is 11.5 Å². The van der Waals surface area contributed by atoms with Gasteiger partial charge in [-0.1, -0.05) is 38.7 Å². The van der Waals surface area contributed by atoms with Crippen LogP contribution in [0.25, 0.3) is 6.08 Å². The Bertz CT molecular complexity index is 838. The first-order chi connectivity index (χ1) is 15.3. The van der Waals surface area contributed by atoms with Crippen molar-refractivity contribution < 1.29 is 29.0 Å². The van der Waals surface area contributed by atoms with Gasteiger partial charge in [-0.2, -0.15) is 0 Å². The number of carbonyl (C=O) groups is 3. The van der Waals surface area contributed by atoms with Crippen molar-refractivity contribution in [1.82, 2.24) is 4.90 Å². The SMILES string of the molecule is CCCCCCCC(C)Oc1ccc(/C=C2/SC(=O)N(CCC(=O)O)C2=O)cc1OCC. The summed E-state index contributed by atoms with van der Waals surface area (Å²) >= 11 is 0.810. The molecule has 8 heteroatoms. The number of carboxylic acids is 1. The molecular weight excluding hydrogens is 430 g/mol. The summed E-state index contributed by atoms with van der Waals surface area (Å²) in [6, 6.07) is 5.42. The van der Waals surface area contributed by atoms with Gasteiger partial charge in [-0.05, 0) is 62.2 Å². The summed E-state index contributed by atoms with van der Waals surface area (Å²) in [5.41, 5.74) is 0.705. The Kier molecular flexibility index (Phi) is 10.6. The molecular formula is C24H33NO6S. The number of ether oxygens (including phenoxy) is 2. The Morgan fingerprint density at radius 2 is 1.91 bits per heavy atom. The minimum atomic E-state index is -1.06. The van der Waals surface area contributed by atoms with E-state index < -0.39 is 17.1 Å². The maximum atomic E-state index is 12.5. The number of carbonyl (C=O) groups excluding carboxylic acids is 2. The molecule has 0 radical (unpaired) electrons.